The van der Waals surface area contributed by atoms with Crippen LogP contribution in [0.4, 0.5) is 5.69 Å². The number of nitriles is 1. The predicted molar refractivity (Wildman–Crippen MR) is 128 cm³/mol. The Labute approximate surface area is 195 Å². The molecule has 0 aliphatic heterocycles. The minimum atomic E-state index is -0.490. The van der Waals surface area contributed by atoms with Crippen molar-refractivity contribution in [2.45, 2.75) is 20.5 Å². The molecule has 1 amide bonds. The van der Waals surface area contributed by atoms with Crippen molar-refractivity contribution in [3.63, 3.8) is 0 Å². The van der Waals surface area contributed by atoms with E-state index in [1.807, 2.05) is 24.3 Å². The second-order valence-corrected chi connectivity index (χ2v) is 8.35. The molecule has 4 nitrogen and oxygen atoms in total. The second-order valence-electron chi connectivity index (χ2n) is 7.03. The van der Waals surface area contributed by atoms with Crippen molar-refractivity contribution in [2.75, 3.05) is 5.32 Å². The van der Waals surface area contributed by atoms with Crippen LogP contribution in [0.2, 0.25) is 5.02 Å². The Hall–Kier alpha value is -3.07. The van der Waals surface area contributed by atoms with E-state index in [4.69, 9.17) is 16.3 Å². The van der Waals surface area contributed by atoms with E-state index in [1.54, 1.807) is 30.3 Å². The molecule has 0 saturated carbocycles. The Morgan fingerprint density at radius 2 is 1.84 bits per heavy atom. The Kier molecular flexibility index (Phi) is 7.51. The first-order valence-corrected chi connectivity index (χ1v) is 10.7. The topological polar surface area (TPSA) is 62.1 Å². The number of rotatable bonds is 6. The van der Waals surface area contributed by atoms with Gasteiger partial charge in [0.05, 0.1) is 5.02 Å². The number of hydrogen-bond acceptors (Lipinski definition) is 3. The van der Waals surface area contributed by atoms with E-state index in [0.29, 0.717) is 28.6 Å². The van der Waals surface area contributed by atoms with E-state index < -0.39 is 5.91 Å². The van der Waals surface area contributed by atoms with Crippen LogP contribution < -0.4 is 10.1 Å². The molecule has 3 aromatic carbocycles. The molecule has 0 atom stereocenters. The van der Waals surface area contributed by atoms with E-state index >= 15 is 0 Å². The van der Waals surface area contributed by atoms with Crippen molar-refractivity contribution in [3.8, 4) is 11.8 Å². The molecule has 0 aromatic heterocycles. The highest BCUT2D eigenvalue weighted by Gasteiger charge is 2.11. The minimum Gasteiger partial charge on any atom is -0.487 e. The first-order chi connectivity index (χ1) is 14.9. The molecule has 0 saturated heterocycles. The minimum absolute atomic E-state index is 0.0252. The van der Waals surface area contributed by atoms with Crippen molar-refractivity contribution in [2.24, 2.45) is 0 Å². The normalized spacial score (nSPS) is 11.0. The molecule has 0 radical (unpaired) electrons. The standard InChI is InChI=1S/C25H20BrClN2O2/c1-16-3-4-19(11-17(16)2)15-31-24-10-5-18(13-23(24)27)12-20(14-28)25(30)29-22-8-6-21(26)7-9-22/h3-13H,15H2,1-2H3,(H,29,30)/b20-12+. The van der Waals surface area contributed by atoms with Gasteiger partial charge in [-0.15, -0.1) is 0 Å². The molecule has 0 bridgehead atoms. The number of nitrogens with one attached hydrogen (secondary N) is 1. The van der Waals surface area contributed by atoms with Gasteiger partial charge in [0.25, 0.3) is 5.91 Å². The number of aryl methyl sites for hydroxylation is 2. The Bertz CT molecular complexity index is 1180. The maximum Gasteiger partial charge on any atom is 0.266 e. The van der Waals surface area contributed by atoms with Gasteiger partial charge in [0.2, 0.25) is 0 Å². The number of hydrogen-bond donors (Lipinski definition) is 1. The zero-order chi connectivity index (χ0) is 22.4. The van der Waals surface area contributed by atoms with Crippen LogP contribution in [0.3, 0.4) is 0 Å². The van der Waals surface area contributed by atoms with Crippen molar-refractivity contribution < 1.29 is 9.53 Å². The van der Waals surface area contributed by atoms with Gasteiger partial charge in [0.15, 0.2) is 0 Å². The van der Waals surface area contributed by atoms with Gasteiger partial charge in [-0.25, -0.2) is 0 Å². The zero-order valence-corrected chi connectivity index (χ0v) is 19.4. The highest BCUT2D eigenvalue weighted by Crippen LogP contribution is 2.27. The molecule has 0 aliphatic carbocycles. The van der Waals surface area contributed by atoms with Crippen molar-refractivity contribution >= 4 is 45.2 Å². The number of carbonyl (C=O) groups is 1. The highest BCUT2D eigenvalue weighted by molar-refractivity contribution is 9.10. The first-order valence-electron chi connectivity index (χ1n) is 9.53. The summed E-state index contributed by atoms with van der Waals surface area (Å²) in [6.07, 6.45) is 1.49. The predicted octanol–water partition coefficient (Wildman–Crippen LogP) is 6.84. The molecule has 3 aromatic rings. The fourth-order valence-corrected chi connectivity index (χ4v) is 3.33. The van der Waals surface area contributed by atoms with Crippen LogP contribution in [0, 0.1) is 25.2 Å². The van der Waals surface area contributed by atoms with E-state index in [2.05, 4.69) is 47.2 Å². The molecule has 1 N–H and O–H groups in total. The third-order valence-electron chi connectivity index (χ3n) is 4.70. The Morgan fingerprint density at radius 3 is 2.48 bits per heavy atom. The first kappa shape index (κ1) is 22.6. The van der Waals surface area contributed by atoms with Gasteiger partial charge in [-0.3, -0.25) is 4.79 Å². The molecule has 31 heavy (non-hydrogen) atoms. The average molecular weight is 496 g/mol. The summed E-state index contributed by atoms with van der Waals surface area (Å²) in [5.41, 5.74) is 4.70. The van der Waals surface area contributed by atoms with Gasteiger partial charge in [-0.1, -0.05) is 51.8 Å². The van der Waals surface area contributed by atoms with Crippen LogP contribution in [0.1, 0.15) is 22.3 Å². The van der Waals surface area contributed by atoms with Gasteiger partial charge in [-0.2, -0.15) is 5.26 Å². The molecule has 156 valence electrons. The fraction of sp³-hybridized carbons (Fsp3) is 0.120. The van der Waals surface area contributed by atoms with Crippen LogP contribution in [0.15, 0.2) is 70.7 Å². The van der Waals surface area contributed by atoms with Gasteiger partial charge in [-0.05, 0) is 78.6 Å². The molecular weight excluding hydrogens is 476 g/mol. The number of nitrogens with zero attached hydrogens (tertiary/aromatic N) is 1. The summed E-state index contributed by atoms with van der Waals surface area (Å²) in [4.78, 5) is 12.4. The molecular formula is C25H20BrClN2O2. The number of halogens is 2. The number of amides is 1. The molecule has 3 rings (SSSR count). The molecule has 0 aliphatic rings. The molecule has 0 heterocycles. The summed E-state index contributed by atoms with van der Waals surface area (Å²) >= 11 is 9.70. The lowest BCUT2D eigenvalue weighted by atomic mass is 10.1. The lowest BCUT2D eigenvalue weighted by Gasteiger charge is -2.10. The molecule has 0 fully saturated rings. The maximum absolute atomic E-state index is 12.4. The number of anilines is 1. The third-order valence-corrected chi connectivity index (χ3v) is 5.52. The number of carbonyl (C=O) groups excluding carboxylic acids is 1. The van der Waals surface area contributed by atoms with E-state index in [0.717, 1.165) is 10.0 Å². The monoisotopic (exact) mass is 494 g/mol. The van der Waals surface area contributed by atoms with Crippen molar-refractivity contribution in [3.05, 3.63) is 98.0 Å². The van der Waals surface area contributed by atoms with Crippen LogP contribution in [-0.4, -0.2) is 5.91 Å². The molecule has 6 heteroatoms. The van der Waals surface area contributed by atoms with E-state index in [9.17, 15) is 10.1 Å². The number of ether oxygens (including phenoxy) is 1. The summed E-state index contributed by atoms with van der Waals surface area (Å²) in [6, 6.07) is 20.4. The summed E-state index contributed by atoms with van der Waals surface area (Å²) < 4.78 is 6.74. The lowest BCUT2D eigenvalue weighted by molar-refractivity contribution is -0.112. The van der Waals surface area contributed by atoms with Crippen LogP contribution >= 0.6 is 27.5 Å². The zero-order valence-electron chi connectivity index (χ0n) is 17.1. The Balaban J connectivity index is 1.70. The van der Waals surface area contributed by atoms with Gasteiger partial charge >= 0.3 is 0 Å². The number of benzene rings is 3. The van der Waals surface area contributed by atoms with E-state index in [1.165, 1.54) is 17.2 Å². The fourth-order valence-electron chi connectivity index (χ4n) is 2.83. The van der Waals surface area contributed by atoms with E-state index in [-0.39, 0.29) is 5.57 Å². The SMILES string of the molecule is Cc1ccc(COc2ccc(/C=C(\C#N)C(=O)Nc3ccc(Br)cc3)cc2Cl)cc1C. The van der Waals surface area contributed by atoms with Crippen LogP contribution in [-0.2, 0) is 11.4 Å². The summed E-state index contributed by atoms with van der Waals surface area (Å²) in [6.45, 7) is 4.53. The largest absolute Gasteiger partial charge is 0.487 e. The van der Waals surface area contributed by atoms with Crippen molar-refractivity contribution in [1.29, 1.82) is 5.26 Å². The smallest absolute Gasteiger partial charge is 0.266 e. The molecule has 0 spiro atoms. The quantitative estimate of drug-likeness (QED) is 0.301. The second kappa shape index (κ2) is 10.3. The maximum atomic E-state index is 12.4. The lowest BCUT2D eigenvalue weighted by Crippen LogP contribution is -2.13. The summed E-state index contributed by atoms with van der Waals surface area (Å²) in [5, 5.41) is 12.5. The third kappa shape index (κ3) is 6.21. The van der Waals surface area contributed by atoms with Crippen LogP contribution in [0.5, 0.6) is 5.75 Å². The average Bonchev–Trinajstić information content (AvgIpc) is 2.75. The van der Waals surface area contributed by atoms with Gasteiger partial charge in [0.1, 0.15) is 24.0 Å². The van der Waals surface area contributed by atoms with Crippen molar-refractivity contribution in [1.82, 2.24) is 0 Å². The van der Waals surface area contributed by atoms with Gasteiger partial charge < -0.3 is 10.1 Å². The highest BCUT2D eigenvalue weighted by atomic mass is 79.9. The Morgan fingerprint density at radius 1 is 1.10 bits per heavy atom. The summed E-state index contributed by atoms with van der Waals surface area (Å²) in [7, 11) is 0. The van der Waals surface area contributed by atoms with Gasteiger partial charge in [0, 0.05) is 10.2 Å². The summed E-state index contributed by atoms with van der Waals surface area (Å²) in [5.74, 6) is 0.0471. The molecule has 0 unspecified atom stereocenters. The van der Waals surface area contributed by atoms with Crippen LogP contribution in [0.25, 0.3) is 6.08 Å².